The van der Waals surface area contributed by atoms with Crippen LogP contribution in [0.5, 0.6) is 0 Å². The van der Waals surface area contributed by atoms with E-state index in [1.54, 1.807) is 0 Å². The molecule has 0 saturated carbocycles. The van der Waals surface area contributed by atoms with Gasteiger partial charge in [-0.2, -0.15) is 0 Å². The minimum atomic E-state index is -0.978. The second-order valence-electron chi connectivity index (χ2n) is 3.13. The molecule has 15 heavy (non-hydrogen) atoms. The number of anilines is 1. The maximum atomic E-state index is 10.9. The molecular formula is C10H14N2O2S. The highest BCUT2D eigenvalue weighted by Gasteiger charge is 2.11. The number of aromatic nitrogens is 1. The minimum Gasteiger partial charge on any atom is -0.478 e. The highest BCUT2D eigenvalue weighted by Crippen LogP contribution is 2.22. The van der Waals surface area contributed by atoms with Gasteiger partial charge >= 0.3 is 5.97 Å². The Morgan fingerprint density at radius 2 is 2.40 bits per heavy atom. The molecule has 0 unspecified atom stereocenters. The first-order valence-electron chi connectivity index (χ1n) is 4.76. The molecule has 0 atom stereocenters. The van der Waals surface area contributed by atoms with Crippen molar-refractivity contribution >= 4 is 23.4 Å². The van der Waals surface area contributed by atoms with E-state index in [0.717, 1.165) is 18.6 Å². The number of carboxylic acid groups (broad SMARTS) is 1. The van der Waals surface area contributed by atoms with Crippen LogP contribution in [0.2, 0.25) is 0 Å². The molecule has 0 saturated heterocycles. The first kappa shape index (κ1) is 11.8. The number of pyridine rings is 1. The zero-order valence-corrected chi connectivity index (χ0v) is 9.38. The van der Waals surface area contributed by atoms with Crippen LogP contribution in [0.15, 0.2) is 17.3 Å². The lowest BCUT2D eigenvalue weighted by molar-refractivity contribution is 0.0692. The van der Waals surface area contributed by atoms with Crippen molar-refractivity contribution in [1.82, 2.24) is 4.98 Å². The lowest BCUT2D eigenvalue weighted by Crippen LogP contribution is -2.03. The van der Waals surface area contributed by atoms with Gasteiger partial charge in [0.2, 0.25) is 0 Å². The maximum Gasteiger partial charge on any atom is 0.338 e. The summed E-state index contributed by atoms with van der Waals surface area (Å²) in [7, 11) is 0. The molecule has 5 heteroatoms. The van der Waals surface area contributed by atoms with Gasteiger partial charge in [0, 0.05) is 0 Å². The van der Waals surface area contributed by atoms with Gasteiger partial charge in [-0.1, -0.05) is 13.3 Å². The highest BCUT2D eigenvalue weighted by molar-refractivity contribution is 7.99. The third kappa shape index (κ3) is 3.43. The molecule has 4 nitrogen and oxygen atoms in total. The largest absolute Gasteiger partial charge is 0.478 e. The molecule has 0 fully saturated rings. The van der Waals surface area contributed by atoms with E-state index in [1.807, 2.05) is 0 Å². The molecule has 0 spiro atoms. The summed E-state index contributed by atoms with van der Waals surface area (Å²) < 4.78 is 0. The maximum absolute atomic E-state index is 10.9. The van der Waals surface area contributed by atoms with E-state index in [0.29, 0.717) is 10.7 Å². The van der Waals surface area contributed by atoms with Crippen LogP contribution in [0, 0.1) is 0 Å². The predicted molar refractivity (Wildman–Crippen MR) is 61.2 cm³/mol. The Hall–Kier alpha value is -1.23. The van der Waals surface area contributed by atoms with Gasteiger partial charge in [0.1, 0.15) is 5.03 Å². The van der Waals surface area contributed by atoms with Gasteiger partial charge in [0.25, 0.3) is 0 Å². The Balaban J connectivity index is 2.81. The van der Waals surface area contributed by atoms with Gasteiger partial charge in [-0.25, -0.2) is 9.78 Å². The van der Waals surface area contributed by atoms with Crippen molar-refractivity contribution in [3.63, 3.8) is 0 Å². The summed E-state index contributed by atoms with van der Waals surface area (Å²) in [4.78, 5) is 14.9. The fourth-order valence-electron chi connectivity index (χ4n) is 1.05. The van der Waals surface area contributed by atoms with Crippen LogP contribution in [-0.2, 0) is 0 Å². The Kier molecular flexibility index (Phi) is 4.42. The van der Waals surface area contributed by atoms with Crippen molar-refractivity contribution in [1.29, 1.82) is 0 Å². The zero-order chi connectivity index (χ0) is 11.3. The summed E-state index contributed by atoms with van der Waals surface area (Å²) in [5.74, 6) is -0.0953. The van der Waals surface area contributed by atoms with E-state index in [1.165, 1.54) is 24.0 Å². The minimum absolute atomic E-state index is 0.191. The standard InChI is InChI=1S/C10H14N2O2S/c1-2-3-4-15-9-8(10(13)14)5-7(11)6-12-9/h5-6H,2-4,11H2,1H3,(H,13,14). The van der Waals surface area contributed by atoms with Crippen LogP contribution < -0.4 is 5.73 Å². The van der Waals surface area contributed by atoms with Crippen molar-refractivity contribution in [3.8, 4) is 0 Å². The molecule has 1 aromatic heterocycles. The molecule has 1 aromatic rings. The van der Waals surface area contributed by atoms with E-state index in [9.17, 15) is 4.79 Å². The molecule has 0 bridgehead atoms. The quantitative estimate of drug-likeness (QED) is 0.595. The third-order valence-corrected chi connectivity index (χ3v) is 2.93. The Labute approximate surface area is 92.9 Å². The lowest BCUT2D eigenvalue weighted by atomic mass is 10.3. The number of carbonyl (C=O) groups is 1. The number of nitrogens with two attached hydrogens (primary N) is 1. The number of hydrogen-bond acceptors (Lipinski definition) is 4. The smallest absolute Gasteiger partial charge is 0.338 e. The van der Waals surface area contributed by atoms with Gasteiger partial charge < -0.3 is 10.8 Å². The van der Waals surface area contributed by atoms with Crippen LogP contribution in [0.25, 0.3) is 0 Å². The summed E-state index contributed by atoms with van der Waals surface area (Å²) in [6.45, 7) is 2.09. The van der Waals surface area contributed by atoms with Crippen LogP contribution in [-0.4, -0.2) is 21.8 Å². The van der Waals surface area contributed by atoms with Gasteiger partial charge in [0.05, 0.1) is 17.4 Å². The Morgan fingerprint density at radius 1 is 1.67 bits per heavy atom. The second kappa shape index (κ2) is 5.60. The first-order valence-corrected chi connectivity index (χ1v) is 5.75. The Morgan fingerprint density at radius 3 is 3.00 bits per heavy atom. The number of rotatable bonds is 5. The molecule has 0 aliphatic rings. The summed E-state index contributed by atoms with van der Waals surface area (Å²) in [5.41, 5.74) is 6.06. The average Bonchev–Trinajstić information content (AvgIpc) is 2.20. The van der Waals surface area contributed by atoms with Crippen molar-refractivity contribution in [3.05, 3.63) is 17.8 Å². The van der Waals surface area contributed by atoms with Gasteiger partial charge in [-0.05, 0) is 18.2 Å². The van der Waals surface area contributed by atoms with E-state index in [4.69, 9.17) is 10.8 Å². The predicted octanol–water partition coefficient (Wildman–Crippen LogP) is 2.25. The fraction of sp³-hybridized carbons (Fsp3) is 0.400. The monoisotopic (exact) mass is 226 g/mol. The summed E-state index contributed by atoms with van der Waals surface area (Å²) in [6, 6.07) is 1.45. The summed E-state index contributed by atoms with van der Waals surface area (Å²) in [5, 5.41) is 9.48. The molecule has 0 aliphatic carbocycles. The average molecular weight is 226 g/mol. The molecule has 0 aliphatic heterocycles. The van der Waals surface area contributed by atoms with Crippen molar-refractivity contribution in [2.45, 2.75) is 24.8 Å². The number of nitrogens with zero attached hydrogens (tertiary/aromatic N) is 1. The number of unbranched alkanes of at least 4 members (excludes halogenated alkanes) is 1. The Bertz CT molecular complexity index is 355. The zero-order valence-electron chi connectivity index (χ0n) is 8.56. The molecule has 3 N–H and O–H groups in total. The van der Waals surface area contributed by atoms with E-state index in [2.05, 4.69) is 11.9 Å². The number of hydrogen-bond donors (Lipinski definition) is 2. The van der Waals surface area contributed by atoms with E-state index >= 15 is 0 Å². The third-order valence-electron chi connectivity index (χ3n) is 1.84. The van der Waals surface area contributed by atoms with E-state index in [-0.39, 0.29) is 5.56 Å². The number of carboxylic acids is 1. The van der Waals surface area contributed by atoms with Crippen LogP contribution in [0.1, 0.15) is 30.1 Å². The van der Waals surface area contributed by atoms with Crippen LogP contribution in [0.4, 0.5) is 5.69 Å². The van der Waals surface area contributed by atoms with E-state index < -0.39 is 5.97 Å². The number of thioether (sulfide) groups is 1. The lowest BCUT2D eigenvalue weighted by Gasteiger charge is -2.04. The van der Waals surface area contributed by atoms with Crippen molar-refractivity contribution < 1.29 is 9.90 Å². The topological polar surface area (TPSA) is 76.2 Å². The molecule has 0 amide bonds. The number of nitrogen functional groups attached to an aromatic ring is 1. The molecule has 82 valence electrons. The number of aromatic carboxylic acids is 1. The highest BCUT2D eigenvalue weighted by atomic mass is 32.2. The molecule has 1 rings (SSSR count). The fourth-order valence-corrected chi connectivity index (χ4v) is 2.11. The second-order valence-corrected chi connectivity index (χ2v) is 4.21. The van der Waals surface area contributed by atoms with Gasteiger partial charge in [-0.15, -0.1) is 11.8 Å². The molecule has 1 heterocycles. The SMILES string of the molecule is CCCCSc1ncc(N)cc1C(=O)O. The van der Waals surface area contributed by atoms with Gasteiger partial charge in [-0.3, -0.25) is 0 Å². The van der Waals surface area contributed by atoms with Crippen molar-refractivity contribution in [2.75, 3.05) is 11.5 Å². The van der Waals surface area contributed by atoms with Crippen molar-refractivity contribution in [2.24, 2.45) is 0 Å². The summed E-state index contributed by atoms with van der Waals surface area (Å²) >= 11 is 1.46. The molecular weight excluding hydrogens is 212 g/mol. The van der Waals surface area contributed by atoms with Gasteiger partial charge in [0.15, 0.2) is 0 Å². The first-order chi connectivity index (χ1) is 7.15. The summed E-state index contributed by atoms with van der Waals surface area (Å²) in [6.07, 6.45) is 3.63. The van der Waals surface area contributed by atoms with Crippen LogP contribution >= 0.6 is 11.8 Å². The molecule has 0 aromatic carbocycles. The van der Waals surface area contributed by atoms with Crippen LogP contribution in [0.3, 0.4) is 0 Å². The molecule has 0 radical (unpaired) electrons. The normalized spacial score (nSPS) is 10.2.